The van der Waals surface area contributed by atoms with Crippen molar-refractivity contribution in [1.82, 2.24) is 9.55 Å². The Hall–Kier alpha value is -0.940. The second kappa shape index (κ2) is 4.56. The van der Waals surface area contributed by atoms with Crippen molar-refractivity contribution in [2.24, 2.45) is 5.41 Å². The first-order chi connectivity index (χ1) is 8.98. The summed E-state index contributed by atoms with van der Waals surface area (Å²) in [5.41, 5.74) is 1.25. The fraction of sp³-hybridized carbons (Fsp3) is 0.571. The quantitative estimate of drug-likeness (QED) is 0.798. The van der Waals surface area contributed by atoms with E-state index in [-0.39, 0.29) is 11.6 Å². The molecule has 19 heavy (non-hydrogen) atoms. The summed E-state index contributed by atoms with van der Waals surface area (Å²) >= 11 is 6.89. The van der Waals surface area contributed by atoms with Crippen molar-refractivity contribution in [2.75, 3.05) is 0 Å². The highest BCUT2D eigenvalue weighted by atomic mass is 32.1. The van der Waals surface area contributed by atoms with Crippen molar-refractivity contribution in [2.45, 2.75) is 45.6 Å². The molecule has 0 spiro atoms. The molecule has 0 aromatic carbocycles. The summed E-state index contributed by atoms with van der Waals surface area (Å²) in [6.45, 7) is 4.56. The number of nitrogens with zero attached hydrogens (tertiary/aromatic N) is 1. The van der Waals surface area contributed by atoms with E-state index in [9.17, 15) is 4.79 Å². The smallest absolute Gasteiger partial charge is 0.272 e. The normalized spacial score (nSPS) is 22.7. The number of rotatable bonds is 1. The zero-order valence-corrected chi connectivity index (χ0v) is 12.9. The minimum Gasteiger partial charge on any atom is -0.331 e. The summed E-state index contributed by atoms with van der Waals surface area (Å²) in [6, 6.07) is 2.17. The Bertz CT molecular complexity index is 723. The highest BCUT2D eigenvalue weighted by Crippen LogP contribution is 2.40. The van der Waals surface area contributed by atoms with Crippen LogP contribution < -0.4 is 5.56 Å². The molecule has 0 saturated heterocycles. The molecule has 0 aliphatic heterocycles. The van der Waals surface area contributed by atoms with Crippen LogP contribution in [-0.2, 0) is 0 Å². The molecule has 1 atom stereocenters. The van der Waals surface area contributed by atoms with Crippen molar-refractivity contribution >= 4 is 33.8 Å². The molecule has 0 bridgehead atoms. The Morgan fingerprint density at radius 3 is 3.05 bits per heavy atom. The third kappa shape index (κ3) is 2.30. The largest absolute Gasteiger partial charge is 0.331 e. The summed E-state index contributed by atoms with van der Waals surface area (Å²) in [5, 5.41) is 1.94. The van der Waals surface area contributed by atoms with E-state index >= 15 is 0 Å². The average molecular weight is 294 g/mol. The lowest BCUT2D eigenvalue weighted by molar-refractivity contribution is 0.179. The van der Waals surface area contributed by atoms with Crippen LogP contribution in [0.3, 0.4) is 0 Å². The van der Waals surface area contributed by atoms with Gasteiger partial charge in [0.15, 0.2) is 4.77 Å². The first-order valence-corrected chi connectivity index (χ1v) is 7.99. The number of nitrogens with one attached hydrogen (secondary N) is 1. The summed E-state index contributed by atoms with van der Waals surface area (Å²) in [4.78, 5) is 15.8. The molecular weight excluding hydrogens is 276 g/mol. The Morgan fingerprint density at radius 1 is 1.53 bits per heavy atom. The molecule has 2 heterocycles. The molecule has 102 valence electrons. The van der Waals surface area contributed by atoms with E-state index in [1.54, 1.807) is 0 Å². The van der Waals surface area contributed by atoms with Crippen molar-refractivity contribution in [3.05, 3.63) is 26.6 Å². The van der Waals surface area contributed by atoms with Crippen molar-refractivity contribution in [1.29, 1.82) is 0 Å². The van der Waals surface area contributed by atoms with Gasteiger partial charge in [-0.3, -0.25) is 9.36 Å². The molecule has 1 aliphatic carbocycles. The molecule has 2 aromatic heterocycles. The molecule has 1 aliphatic rings. The zero-order chi connectivity index (χ0) is 13.6. The Kier molecular flexibility index (Phi) is 3.14. The van der Waals surface area contributed by atoms with Crippen molar-refractivity contribution < 1.29 is 0 Å². The molecular formula is C14H18N2OS2. The summed E-state index contributed by atoms with van der Waals surface area (Å²) in [7, 11) is 0. The van der Waals surface area contributed by atoms with E-state index in [0.717, 1.165) is 23.1 Å². The number of hydrogen-bond acceptors (Lipinski definition) is 3. The summed E-state index contributed by atoms with van der Waals surface area (Å²) in [6.07, 6.45) is 4.48. The second-order valence-corrected chi connectivity index (χ2v) is 7.49. The first kappa shape index (κ1) is 13.1. The third-order valence-corrected chi connectivity index (χ3v) is 5.28. The number of aromatic nitrogens is 2. The highest BCUT2D eigenvalue weighted by Gasteiger charge is 2.30. The van der Waals surface area contributed by atoms with Crippen LogP contribution in [0.5, 0.6) is 0 Å². The zero-order valence-electron chi connectivity index (χ0n) is 11.2. The number of thiophene rings is 1. The van der Waals surface area contributed by atoms with Gasteiger partial charge in [0.05, 0.1) is 5.52 Å². The summed E-state index contributed by atoms with van der Waals surface area (Å²) in [5.74, 6) is 0. The van der Waals surface area contributed by atoms with Gasteiger partial charge >= 0.3 is 0 Å². The SMILES string of the molecule is CC1(C)CCCC(n2c(=S)[nH]c3ccsc3c2=O)C1. The van der Waals surface area contributed by atoms with E-state index in [0.29, 0.717) is 10.2 Å². The molecule has 1 saturated carbocycles. The van der Waals surface area contributed by atoms with Crippen molar-refractivity contribution in [3.63, 3.8) is 0 Å². The van der Waals surface area contributed by atoms with Crippen LogP contribution in [0, 0.1) is 10.2 Å². The summed E-state index contributed by atoms with van der Waals surface area (Å²) < 4.78 is 3.17. The van der Waals surface area contributed by atoms with Gasteiger partial charge in [-0.25, -0.2) is 0 Å². The maximum absolute atomic E-state index is 12.6. The van der Waals surface area contributed by atoms with Gasteiger partial charge in [-0.05, 0) is 48.3 Å². The van der Waals surface area contributed by atoms with Crippen LogP contribution in [0.15, 0.2) is 16.2 Å². The van der Waals surface area contributed by atoms with Crippen LogP contribution in [0.4, 0.5) is 0 Å². The average Bonchev–Trinajstić information content (AvgIpc) is 2.76. The van der Waals surface area contributed by atoms with Crippen LogP contribution in [-0.4, -0.2) is 9.55 Å². The topological polar surface area (TPSA) is 37.8 Å². The monoisotopic (exact) mass is 294 g/mol. The van der Waals surface area contributed by atoms with E-state index < -0.39 is 0 Å². The first-order valence-electron chi connectivity index (χ1n) is 6.70. The van der Waals surface area contributed by atoms with Gasteiger partial charge in [0.1, 0.15) is 4.70 Å². The molecule has 0 radical (unpaired) electrons. The van der Waals surface area contributed by atoms with Crippen LogP contribution in [0.25, 0.3) is 10.2 Å². The van der Waals surface area contributed by atoms with Crippen LogP contribution >= 0.6 is 23.6 Å². The van der Waals surface area contributed by atoms with Gasteiger partial charge in [0, 0.05) is 6.04 Å². The van der Waals surface area contributed by atoms with Gasteiger partial charge in [0.25, 0.3) is 5.56 Å². The van der Waals surface area contributed by atoms with E-state index in [1.807, 2.05) is 16.0 Å². The van der Waals surface area contributed by atoms with E-state index in [2.05, 4.69) is 18.8 Å². The van der Waals surface area contributed by atoms with Gasteiger partial charge in [-0.15, -0.1) is 11.3 Å². The Balaban J connectivity index is 2.14. The van der Waals surface area contributed by atoms with Gasteiger partial charge in [-0.2, -0.15) is 0 Å². The van der Waals surface area contributed by atoms with E-state index in [1.165, 1.54) is 24.2 Å². The molecule has 1 fully saturated rings. The second-order valence-electron chi connectivity index (χ2n) is 6.18. The fourth-order valence-corrected chi connectivity index (χ4v) is 4.29. The molecule has 3 nitrogen and oxygen atoms in total. The van der Waals surface area contributed by atoms with Crippen molar-refractivity contribution in [3.8, 4) is 0 Å². The lowest BCUT2D eigenvalue weighted by atomic mass is 9.75. The number of fused-ring (bicyclic) bond motifs is 1. The molecule has 1 unspecified atom stereocenters. The maximum atomic E-state index is 12.6. The minimum atomic E-state index is 0.0800. The highest BCUT2D eigenvalue weighted by molar-refractivity contribution is 7.71. The fourth-order valence-electron chi connectivity index (χ4n) is 3.16. The standard InChI is InChI=1S/C14H18N2OS2/c1-14(2)6-3-4-9(8-14)16-12(17)11-10(5-7-19-11)15-13(16)18/h5,7,9H,3-4,6,8H2,1-2H3,(H,15,18). The van der Waals surface area contributed by atoms with Gasteiger partial charge in [-0.1, -0.05) is 20.3 Å². The molecule has 2 aromatic rings. The molecule has 0 amide bonds. The minimum absolute atomic E-state index is 0.0800. The lowest BCUT2D eigenvalue weighted by Crippen LogP contribution is -2.32. The molecule has 3 rings (SSSR count). The molecule has 5 heteroatoms. The number of H-pyrrole nitrogens is 1. The lowest BCUT2D eigenvalue weighted by Gasteiger charge is -2.35. The van der Waals surface area contributed by atoms with Gasteiger partial charge in [0.2, 0.25) is 0 Å². The third-order valence-electron chi connectivity index (χ3n) is 4.08. The Morgan fingerprint density at radius 2 is 2.32 bits per heavy atom. The predicted octanol–water partition coefficient (Wildman–Crippen LogP) is 4.26. The molecule has 1 N–H and O–H groups in total. The predicted molar refractivity (Wildman–Crippen MR) is 82.6 cm³/mol. The number of aromatic amines is 1. The number of hydrogen-bond donors (Lipinski definition) is 1. The maximum Gasteiger partial charge on any atom is 0.272 e. The van der Waals surface area contributed by atoms with Crippen LogP contribution in [0.1, 0.15) is 45.6 Å². The Labute approximate surface area is 121 Å². The van der Waals surface area contributed by atoms with E-state index in [4.69, 9.17) is 12.2 Å². The van der Waals surface area contributed by atoms with Gasteiger partial charge < -0.3 is 4.98 Å². The van der Waals surface area contributed by atoms with Crippen LogP contribution in [0.2, 0.25) is 0 Å².